The first-order valence-corrected chi connectivity index (χ1v) is 9.13. The van der Waals surface area contributed by atoms with E-state index >= 15 is 0 Å². The van der Waals surface area contributed by atoms with Crippen LogP contribution in [0.3, 0.4) is 0 Å². The minimum atomic E-state index is 0.241. The highest BCUT2D eigenvalue weighted by Gasteiger charge is 2.24. The van der Waals surface area contributed by atoms with Gasteiger partial charge in [0.1, 0.15) is 5.82 Å². The number of ether oxygens (including phenoxy) is 1. The minimum Gasteiger partial charge on any atom is -0.377 e. The topological polar surface area (TPSA) is 47.4 Å². The Labute approximate surface area is 149 Å². The van der Waals surface area contributed by atoms with Crippen LogP contribution in [0.1, 0.15) is 43.1 Å². The van der Waals surface area contributed by atoms with E-state index in [0.29, 0.717) is 25.7 Å². The van der Waals surface area contributed by atoms with Crippen LogP contribution in [-0.2, 0) is 16.1 Å². The summed E-state index contributed by atoms with van der Waals surface area (Å²) in [5.74, 6) is 1.26. The van der Waals surface area contributed by atoms with E-state index in [0.717, 1.165) is 38.2 Å². The van der Waals surface area contributed by atoms with Crippen molar-refractivity contribution in [1.82, 2.24) is 14.5 Å². The van der Waals surface area contributed by atoms with Gasteiger partial charge < -0.3 is 14.2 Å². The van der Waals surface area contributed by atoms with Crippen molar-refractivity contribution in [2.24, 2.45) is 0 Å². The predicted molar refractivity (Wildman–Crippen MR) is 97.1 cm³/mol. The van der Waals surface area contributed by atoms with Gasteiger partial charge in [0.05, 0.1) is 12.6 Å². The quantitative estimate of drug-likeness (QED) is 0.726. The second-order valence-electron chi connectivity index (χ2n) is 6.66. The zero-order chi connectivity index (χ0) is 17.5. The Hall–Kier alpha value is -2.14. The van der Waals surface area contributed by atoms with Gasteiger partial charge >= 0.3 is 0 Å². The largest absolute Gasteiger partial charge is 0.377 e. The molecule has 134 valence electrons. The van der Waals surface area contributed by atoms with Crippen molar-refractivity contribution in [1.29, 1.82) is 0 Å². The number of carbonyl (C=O) groups excluding carboxylic acids is 1. The number of carbonyl (C=O) groups is 1. The zero-order valence-corrected chi connectivity index (χ0v) is 14.9. The lowest BCUT2D eigenvalue weighted by Crippen LogP contribution is -2.40. The number of aryl methyl sites for hydroxylation is 1. The normalized spacial score (nSPS) is 17.6. The third-order valence-electron chi connectivity index (χ3n) is 4.80. The van der Waals surface area contributed by atoms with E-state index in [1.807, 2.05) is 42.4 Å². The molecule has 0 spiro atoms. The van der Waals surface area contributed by atoms with Crippen molar-refractivity contribution in [3.05, 3.63) is 54.1 Å². The lowest BCUT2D eigenvalue weighted by molar-refractivity contribution is -0.133. The minimum absolute atomic E-state index is 0.241. The monoisotopic (exact) mass is 341 g/mol. The van der Waals surface area contributed by atoms with Gasteiger partial charge in [-0.2, -0.15) is 0 Å². The molecule has 1 aromatic carbocycles. The lowest BCUT2D eigenvalue weighted by atomic mass is 10.0. The van der Waals surface area contributed by atoms with Crippen LogP contribution in [-0.4, -0.2) is 40.1 Å². The molecular weight excluding hydrogens is 314 g/mol. The fourth-order valence-electron chi connectivity index (χ4n) is 3.43. The van der Waals surface area contributed by atoms with E-state index in [4.69, 9.17) is 4.74 Å². The molecule has 5 heteroatoms. The molecule has 1 saturated heterocycles. The van der Waals surface area contributed by atoms with E-state index in [2.05, 4.69) is 21.7 Å². The highest BCUT2D eigenvalue weighted by molar-refractivity contribution is 5.76. The molecule has 0 saturated carbocycles. The Balaban J connectivity index is 1.38. The molecule has 0 N–H and O–H groups in total. The maximum absolute atomic E-state index is 12.5. The van der Waals surface area contributed by atoms with E-state index in [1.165, 1.54) is 5.56 Å². The molecule has 1 amide bonds. The highest BCUT2D eigenvalue weighted by atomic mass is 16.5. The molecule has 5 nitrogen and oxygen atoms in total. The Bertz CT molecular complexity index is 669. The van der Waals surface area contributed by atoms with Crippen molar-refractivity contribution in [3.63, 3.8) is 0 Å². The summed E-state index contributed by atoms with van der Waals surface area (Å²) >= 11 is 0. The van der Waals surface area contributed by atoms with Crippen LogP contribution >= 0.6 is 0 Å². The molecule has 2 aromatic rings. The molecule has 25 heavy (non-hydrogen) atoms. The summed E-state index contributed by atoms with van der Waals surface area (Å²) in [7, 11) is 0. The first-order valence-electron chi connectivity index (χ1n) is 9.13. The van der Waals surface area contributed by atoms with Crippen molar-refractivity contribution in [3.8, 4) is 0 Å². The molecule has 1 fully saturated rings. The maximum Gasteiger partial charge on any atom is 0.222 e. The van der Waals surface area contributed by atoms with E-state index < -0.39 is 0 Å². The SMILES string of the molecule is Cc1nccn1[C@@H]1CCCN(C(=O)CCCOCc2ccccc2)C1. The second-order valence-corrected chi connectivity index (χ2v) is 6.66. The van der Waals surface area contributed by atoms with Crippen molar-refractivity contribution >= 4 is 5.91 Å². The molecular formula is C20H27N3O2. The molecule has 0 unspecified atom stereocenters. The number of amides is 1. The molecule has 1 aliphatic heterocycles. The van der Waals surface area contributed by atoms with Gasteiger partial charge in [-0.3, -0.25) is 4.79 Å². The average molecular weight is 341 g/mol. The van der Waals surface area contributed by atoms with Crippen LogP contribution in [0.2, 0.25) is 0 Å². The number of benzene rings is 1. The number of rotatable bonds is 7. The molecule has 3 rings (SSSR count). The number of hydrogen-bond acceptors (Lipinski definition) is 3. The van der Waals surface area contributed by atoms with Gasteiger partial charge in [0.25, 0.3) is 0 Å². The molecule has 0 radical (unpaired) electrons. The molecule has 1 atom stereocenters. The fourth-order valence-corrected chi connectivity index (χ4v) is 3.43. The number of piperidine rings is 1. The Kier molecular flexibility index (Phi) is 6.23. The van der Waals surface area contributed by atoms with Gasteiger partial charge in [0.15, 0.2) is 0 Å². The molecule has 0 aliphatic carbocycles. The van der Waals surface area contributed by atoms with Gasteiger partial charge in [-0.05, 0) is 31.7 Å². The number of imidazole rings is 1. The third-order valence-corrected chi connectivity index (χ3v) is 4.80. The Morgan fingerprint density at radius 1 is 1.32 bits per heavy atom. The molecule has 1 aliphatic rings. The van der Waals surface area contributed by atoms with Crippen molar-refractivity contribution < 1.29 is 9.53 Å². The van der Waals surface area contributed by atoms with Crippen LogP contribution in [0.25, 0.3) is 0 Å². The summed E-state index contributed by atoms with van der Waals surface area (Å²) in [5, 5.41) is 0. The first-order chi connectivity index (χ1) is 12.2. The number of likely N-dealkylation sites (tertiary alicyclic amines) is 1. The number of nitrogens with zero attached hydrogens (tertiary/aromatic N) is 3. The van der Waals surface area contributed by atoms with Crippen LogP contribution < -0.4 is 0 Å². The van der Waals surface area contributed by atoms with E-state index in [9.17, 15) is 4.79 Å². The summed E-state index contributed by atoms with van der Waals surface area (Å²) in [5.41, 5.74) is 1.17. The van der Waals surface area contributed by atoms with E-state index in [1.54, 1.807) is 0 Å². The third kappa shape index (κ3) is 4.92. The van der Waals surface area contributed by atoms with Gasteiger partial charge in [-0.1, -0.05) is 30.3 Å². The second kappa shape index (κ2) is 8.81. The van der Waals surface area contributed by atoms with Gasteiger partial charge in [0.2, 0.25) is 5.91 Å². The molecule has 1 aromatic heterocycles. The summed E-state index contributed by atoms with van der Waals surface area (Å²) < 4.78 is 7.87. The number of aromatic nitrogens is 2. The van der Waals surface area contributed by atoms with Crippen LogP contribution in [0, 0.1) is 6.92 Å². The fraction of sp³-hybridized carbons (Fsp3) is 0.500. The highest BCUT2D eigenvalue weighted by Crippen LogP contribution is 2.23. The first kappa shape index (κ1) is 17.7. The summed E-state index contributed by atoms with van der Waals surface area (Å²) in [4.78, 5) is 18.8. The van der Waals surface area contributed by atoms with Crippen molar-refractivity contribution in [2.45, 2.75) is 45.3 Å². The van der Waals surface area contributed by atoms with Gasteiger partial charge in [-0.25, -0.2) is 4.98 Å². The summed E-state index contributed by atoms with van der Waals surface area (Å²) in [6.07, 6.45) is 7.35. The van der Waals surface area contributed by atoms with Gasteiger partial charge in [0, 0.05) is 38.5 Å². The van der Waals surface area contributed by atoms with Crippen molar-refractivity contribution in [2.75, 3.05) is 19.7 Å². The standard InChI is InChI=1S/C20H27N3O2/c1-17-21-11-13-23(17)19-9-5-12-22(15-19)20(24)10-6-14-25-16-18-7-3-2-4-8-18/h2-4,7-8,11,13,19H,5-6,9-10,12,14-16H2,1H3/t19-/m1/s1. The molecule has 2 heterocycles. The zero-order valence-electron chi connectivity index (χ0n) is 14.9. The van der Waals surface area contributed by atoms with Gasteiger partial charge in [-0.15, -0.1) is 0 Å². The van der Waals surface area contributed by atoms with Crippen LogP contribution in [0.5, 0.6) is 0 Å². The maximum atomic E-state index is 12.5. The Morgan fingerprint density at radius 3 is 2.92 bits per heavy atom. The van der Waals surface area contributed by atoms with Crippen LogP contribution in [0.4, 0.5) is 0 Å². The Morgan fingerprint density at radius 2 is 2.16 bits per heavy atom. The summed E-state index contributed by atoms with van der Waals surface area (Å²) in [6.45, 7) is 4.92. The predicted octanol–water partition coefficient (Wildman–Crippen LogP) is 3.35. The van der Waals surface area contributed by atoms with Crippen LogP contribution in [0.15, 0.2) is 42.7 Å². The molecule has 0 bridgehead atoms. The van der Waals surface area contributed by atoms with E-state index in [-0.39, 0.29) is 5.91 Å². The average Bonchev–Trinajstić information content (AvgIpc) is 3.08. The smallest absolute Gasteiger partial charge is 0.222 e. The number of hydrogen-bond donors (Lipinski definition) is 0. The summed E-state index contributed by atoms with van der Waals surface area (Å²) in [6, 6.07) is 10.5. The lowest BCUT2D eigenvalue weighted by Gasteiger charge is -2.34.